The first-order chi connectivity index (χ1) is 11.5. The lowest BCUT2D eigenvalue weighted by Crippen LogP contribution is -2.46. The summed E-state index contributed by atoms with van der Waals surface area (Å²) in [5.74, 6) is -2.18. The average Bonchev–Trinajstić information content (AvgIpc) is 2.49. The van der Waals surface area contributed by atoms with Gasteiger partial charge in [-0.25, -0.2) is 21.9 Å². The second-order valence-corrected chi connectivity index (χ2v) is 9.86. The predicted molar refractivity (Wildman–Crippen MR) is 92.5 cm³/mol. The van der Waals surface area contributed by atoms with E-state index in [4.69, 9.17) is 0 Å². The number of nitrogens with one attached hydrogen (secondary N) is 2. The lowest BCUT2D eigenvalue weighted by Gasteiger charge is -2.30. The van der Waals surface area contributed by atoms with Crippen molar-refractivity contribution in [3.8, 4) is 0 Å². The average molecular weight is 374 g/mol. The summed E-state index contributed by atoms with van der Waals surface area (Å²) in [7, 11) is -3.43. The molecule has 0 aromatic heterocycles. The molecule has 1 amide bonds. The normalized spacial score (nSPS) is 21.8. The molecular formula is C17H24F2N2O3S. The molecule has 0 atom stereocenters. The Morgan fingerprint density at radius 2 is 1.72 bits per heavy atom. The number of carbonyl (C=O) groups is 1. The summed E-state index contributed by atoms with van der Waals surface area (Å²) in [5, 5.41) is 2.48. The van der Waals surface area contributed by atoms with Gasteiger partial charge in [-0.1, -0.05) is 0 Å². The Balaban J connectivity index is 1.90. The van der Waals surface area contributed by atoms with E-state index < -0.39 is 26.4 Å². The van der Waals surface area contributed by atoms with E-state index in [1.165, 1.54) is 6.07 Å². The molecule has 1 aliphatic rings. The number of hydrogen-bond donors (Lipinski definition) is 2. The molecule has 5 nitrogen and oxygen atoms in total. The number of halogens is 2. The quantitative estimate of drug-likeness (QED) is 0.850. The van der Waals surface area contributed by atoms with Crippen LogP contribution < -0.4 is 10.0 Å². The first kappa shape index (κ1) is 19.8. The minimum Gasteiger partial charge on any atom is -0.323 e. The number of carbonyl (C=O) groups excluding carboxylic acids is 1. The van der Waals surface area contributed by atoms with Crippen LogP contribution in [-0.4, -0.2) is 25.1 Å². The maximum Gasteiger partial charge on any atom is 0.227 e. The maximum atomic E-state index is 13.6. The highest BCUT2D eigenvalue weighted by molar-refractivity contribution is 7.90. The van der Waals surface area contributed by atoms with Gasteiger partial charge < -0.3 is 5.32 Å². The van der Waals surface area contributed by atoms with E-state index in [1.54, 1.807) is 20.8 Å². The molecule has 2 rings (SSSR count). The molecule has 8 heteroatoms. The fourth-order valence-electron chi connectivity index (χ4n) is 2.70. The Morgan fingerprint density at radius 3 is 2.24 bits per heavy atom. The van der Waals surface area contributed by atoms with E-state index >= 15 is 0 Å². The van der Waals surface area contributed by atoms with Crippen molar-refractivity contribution in [2.24, 2.45) is 5.92 Å². The van der Waals surface area contributed by atoms with Gasteiger partial charge in [0.1, 0.15) is 11.6 Å². The number of rotatable bonds is 4. The lowest BCUT2D eigenvalue weighted by molar-refractivity contribution is -0.120. The van der Waals surface area contributed by atoms with Crippen LogP contribution in [0.5, 0.6) is 0 Å². The molecule has 140 valence electrons. The van der Waals surface area contributed by atoms with Crippen LogP contribution in [0.15, 0.2) is 18.2 Å². The largest absolute Gasteiger partial charge is 0.323 e. The molecule has 1 aliphatic carbocycles. The van der Waals surface area contributed by atoms with Gasteiger partial charge in [0, 0.05) is 18.0 Å². The van der Waals surface area contributed by atoms with Crippen molar-refractivity contribution in [1.82, 2.24) is 4.72 Å². The number of sulfonamides is 1. The summed E-state index contributed by atoms with van der Waals surface area (Å²) < 4.78 is 52.7. The van der Waals surface area contributed by atoms with Crippen LogP contribution in [0, 0.1) is 17.6 Å². The molecular weight excluding hydrogens is 350 g/mol. The Kier molecular flexibility index (Phi) is 5.83. The SMILES string of the molecule is CC(C)(C)S(=O)(=O)NC1CCC(C(=O)Nc2ccc(F)cc2F)CC1. The van der Waals surface area contributed by atoms with Crippen molar-refractivity contribution in [2.45, 2.75) is 57.2 Å². The lowest BCUT2D eigenvalue weighted by atomic mass is 9.86. The van der Waals surface area contributed by atoms with E-state index in [0.29, 0.717) is 31.7 Å². The first-order valence-corrected chi connectivity index (χ1v) is 9.76. The van der Waals surface area contributed by atoms with Crippen LogP contribution in [0.25, 0.3) is 0 Å². The second kappa shape index (κ2) is 7.37. The number of hydrogen-bond acceptors (Lipinski definition) is 3. The summed E-state index contributed by atoms with van der Waals surface area (Å²) in [5.41, 5.74) is -0.0537. The Morgan fingerprint density at radius 1 is 1.12 bits per heavy atom. The maximum absolute atomic E-state index is 13.6. The highest BCUT2D eigenvalue weighted by atomic mass is 32.2. The van der Waals surface area contributed by atoms with Crippen LogP contribution in [0.1, 0.15) is 46.5 Å². The van der Waals surface area contributed by atoms with Crippen LogP contribution in [-0.2, 0) is 14.8 Å². The molecule has 1 aromatic carbocycles. The Labute approximate surface area is 147 Å². The first-order valence-electron chi connectivity index (χ1n) is 8.27. The van der Waals surface area contributed by atoms with Crippen molar-refractivity contribution in [3.63, 3.8) is 0 Å². The summed E-state index contributed by atoms with van der Waals surface area (Å²) in [4.78, 5) is 12.2. The Hall–Kier alpha value is -1.54. The molecule has 1 fully saturated rings. The van der Waals surface area contributed by atoms with Crippen molar-refractivity contribution in [2.75, 3.05) is 5.32 Å². The zero-order valence-electron chi connectivity index (χ0n) is 14.6. The van der Waals surface area contributed by atoms with Gasteiger partial charge in [0.2, 0.25) is 15.9 Å². The highest BCUT2D eigenvalue weighted by Crippen LogP contribution is 2.28. The molecule has 0 unspecified atom stereocenters. The minimum absolute atomic E-state index is 0.0537. The summed E-state index contributed by atoms with van der Waals surface area (Å²) in [6, 6.07) is 2.78. The molecule has 1 saturated carbocycles. The zero-order chi connectivity index (χ0) is 18.8. The van der Waals surface area contributed by atoms with Gasteiger partial charge in [0.05, 0.1) is 10.4 Å². The summed E-state index contributed by atoms with van der Waals surface area (Å²) in [6.45, 7) is 4.89. The molecule has 0 spiro atoms. The third-order valence-corrected chi connectivity index (χ3v) is 6.67. The van der Waals surface area contributed by atoms with Crippen molar-refractivity contribution in [1.29, 1.82) is 0 Å². The number of benzene rings is 1. The van der Waals surface area contributed by atoms with Gasteiger partial charge in [-0.2, -0.15) is 0 Å². The fraction of sp³-hybridized carbons (Fsp3) is 0.588. The van der Waals surface area contributed by atoms with Crippen molar-refractivity contribution >= 4 is 21.6 Å². The van der Waals surface area contributed by atoms with Gasteiger partial charge in [-0.3, -0.25) is 4.79 Å². The van der Waals surface area contributed by atoms with E-state index in [1.807, 2.05) is 0 Å². The van der Waals surface area contributed by atoms with Crippen molar-refractivity contribution < 1.29 is 22.0 Å². The summed E-state index contributed by atoms with van der Waals surface area (Å²) >= 11 is 0. The molecule has 0 bridgehead atoms. The van der Waals surface area contributed by atoms with E-state index in [-0.39, 0.29) is 23.6 Å². The van der Waals surface area contributed by atoms with E-state index in [2.05, 4.69) is 10.0 Å². The molecule has 0 aliphatic heterocycles. The van der Waals surface area contributed by atoms with Crippen molar-refractivity contribution in [3.05, 3.63) is 29.8 Å². The molecule has 0 saturated heterocycles. The number of anilines is 1. The van der Waals surface area contributed by atoms with E-state index in [0.717, 1.165) is 6.07 Å². The Bertz CT molecular complexity index is 737. The highest BCUT2D eigenvalue weighted by Gasteiger charge is 2.34. The second-order valence-electron chi connectivity index (χ2n) is 7.40. The molecule has 1 aromatic rings. The summed E-state index contributed by atoms with van der Waals surface area (Å²) in [6.07, 6.45) is 2.09. The van der Waals surface area contributed by atoms with Gasteiger partial charge in [-0.15, -0.1) is 0 Å². The number of amides is 1. The third-order valence-electron chi connectivity index (χ3n) is 4.41. The molecule has 25 heavy (non-hydrogen) atoms. The standard InChI is InChI=1S/C17H24F2N2O3S/c1-17(2,3)25(23,24)21-13-7-4-11(5-8-13)16(22)20-15-9-6-12(18)10-14(15)19/h6,9-11,13,21H,4-5,7-8H2,1-3H3,(H,20,22). The van der Waals surface area contributed by atoms with Crippen LogP contribution in [0.3, 0.4) is 0 Å². The predicted octanol–water partition coefficient (Wildman–Crippen LogP) is 3.18. The fourth-order valence-corrected chi connectivity index (χ4v) is 3.72. The van der Waals surface area contributed by atoms with Gasteiger partial charge in [-0.05, 0) is 58.6 Å². The monoisotopic (exact) mass is 374 g/mol. The van der Waals surface area contributed by atoms with Crippen LogP contribution in [0.2, 0.25) is 0 Å². The third kappa shape index (κ3) is 4.98. The van der Waals surface area contributed by atoms with Crippen LogP contribution >= 0.6 is 0 Å². The topological polar surface area (TPSA) is 75.3 Å². The minimum atomic E-state index is -3.43. The molecule has 2 N–H and O–H groups in total. The molecule has 0 radical (unpaired) electrons. The van der Waals surface area contributed by atoms with Gasteiger partial charge >= 0.3 is 0 Å². The van der Waals surface area contributed by atoms with Crippen LogP contribution in [0.4, 0.5) is 14.5 Å². The smallest absolute Gasteiger partial charge is 0.227 e. The zero-order valence-corrected chi connectivity index (χ0v) is 15.4. The van der Waals surface area contributed by atoms with Gasteiger partial charge in [0.25, 0.3) is 0 Å². The van der Waals surface area contributed by atoms with E-state index in [9.17, 15) is 22.0 Å². The van der Waals surface area contributed by atoms with Gasteiger partial charge in [0.15, 0.2) is 0 Å². The molecule has 0 heterocycles.